The summed E-state index contributed by atoms with van der Waals surface area (Å²) in [7, 11) is 0. The standard InChI is InChI=1S/C25H30F2O/c1-3-28-22-10-8-18-12-17(6-7-19(18)13-22)20-9-11-23(25(27)14-20)21-5-4-16(2)24(26)15-21/h4-5,9,11,14-15,17-19,22H,3,6-8,10,12-13H2,1-2H3. The van der Waals surface area contributed by atoms with Crippen LogP contribution in [-0.2, 0) is 4.74 Å². The average Bonchev–Trinajstić information content (AvgIpc) is 2.70. The zero-order valence-electron chi connectivity index (χ0n) is 16.9. The smallest absolute Gasteiger partial charge is 0.131 e. The Balaban J connectivity index is 1.47. The number of benzene rings is 2. The minimum absolute atomic E-state index is 0.247. The van der Waals surface area contributed by atoms with Gasteiger partial charge in [-0.1, -0.05) is 24.3 Å². The largest absolute Gasteiger partial charge is 0.378 e. The van der Waals surface area contributed by atoms with Crippen molar-refractivity contribution in [2.75, 3.05) is 6.61 Å². The Morgan fingerprint density at radius 3 is 2.43 bits per heavy atom. The molecule has 0 N–H and O–H groups in total. The molecule has 1 nitrogen and oxygen atoms in total. The van der Waals surface area contributed by atoms with Crippen LogP contribution in [-0.4, -0.2) is 12.7 Å². The van der Waals surface area contributed by atoms with E-state index in [4.69, 9.17) is 4.74 Å². The summed E-state index contributed by atoms with van der Waals surface area (Å²) in [6.45, 7) is 4.60. The first-order chi connectivity index (χ1) is 13.5. The molecule has 4 rings (SSSR count). The lowest BCUT2D eigenvalue weighted by Gasteiger charge is -2.42. The lowest BCUT2D eigenvalue weighted by atomic mass is 9.65. The molecular weight excluding hydrogens is 354 g/mol. The van der Waals surface area contributed by atoms with E-state index >= 15 is 0 Å². The molecule has 0 spiro atoms. The van der Waals surface area contributed by atoms with Crippen molar-refractivity contribution in [1.82, 2.24) is 0 Å². The highest BCUT2D eigenvalue weighted by Crippen LogP contribution is 2.47. The summed E-state index contributed by atoms with van der Waals surface area (Å²) >= 11 is 0. The van der Waals surface area contributed by atoms with Crippen LogP contribution in [0.1, 0.15) is 62.5 Å². The van der Waals surface area contributed by atoms with Crippen molar-refractivity contribution in [2.45, 2.75) is 64.4 Å². The third-order valence-electron chi connectivity index (χ3n) is 6.91. The number of hydrogen-bond acceptors (Lipinski definition) is 1. The molecule has 3 heteroatoms. The first kappa shape index (κ1) is 19.6. The van der Waals surface area contributed by atoms with E-state index in [0.29, 0.717) is 28.7 Å². The van der Waals surface area contributed by atoms with Gasteiger partial charge in [-0.2, -0.15) is 0 Å². The van der Waals surface area contributed by atoms with Crippen molar-refractivity contribution in [3.63, 3.8) is 0 Å². The average molecular weight is 385 g/mol. The SMILES string of the molecule is CCOC1CCC2CC(c3ccc(-c4ccc(C)c(F)c4)c(F)c3)CCC2C1. The molecule has 150 valence electrons. The molecule has 0 heterocycles. The minimum atomic E-state index is -0.290. The fourth-order valence-corrected chi connectivity index (χ4v) is 5.32. The molecular formula is C25H30F2O. The van der Waals surface area contributed by atoms with Gasteiger partial charge in [0.05, 0.1) is 6.10 Å². The van der Waals surface area contributed by atoms with E-state index in [1.54, 1.807) is 25.1 Å². The summed E-state index contributed by atoms with van der Waals surface area (Å²) in [4.78, 5) is 0. The zero-order chi connectivity index (χ0) is 19.7. The summed E-state index contributed by atoms with van der Waals surface area (Å²) in [5, 5.41) is 0. The second-order valence-electron chi connectivity index (χ2n) is 8.62. The van der Waals surface area contributed by atoms with Crippen molar-refractivity contribution >= 4 is 0 Å². The lowest BCUT2D eigenvalue weighted by molar-refractivity contribution is -0.00956. The van der Waals surface area contributed by atoms with Gasteiger partial charge < -0.3 is 4.74 Å². The molecule has 4 atom stereocenters. The Labute approximate surface area is 167 Å². The number of ether oxygens (including phenoxy) is 1. The molecule has 2 aromatic carbocycles. The number of hydrogen-bond donors (Lipinski definition) is 0. The van der Waals surface area contributed by atoms with Gasteiger partial charge in [-0.15, -0.1) is 0 Å². The van der Waals surface area contributed by atoms with E-state index in [2.05, 4.69) is 6.92 Å². The summed E-state index contributed by atoms with van der Waals surface area (Å²) in [5.74, 6) is 1.40. The van der Waals surface area contributed by atoms with E-state index in [1.165, 1.54) is 25.3 Å². The van der Waals surface area contributed by atoms with E-state index in [1.807, 2.05) is 12.1 Å². The van der Waals surface area contributed by atoms with Crippen molar-refractivity contribution in [3.05, 3.63) is 59.2 Å². The first-order valence-electron chi connectivity index (χ1n) is 10.7. The van der Waals surface area contributed by atoms with Gasteiger partial charge in [0, 0.05) is 12.2 Å². The van der Waals surface area contributed by atoms with Crippen LogP contribution in [0.15, 0.2) is 36.4 Å². The molecule has 2 aliphatic rings. The molecule has 0 saturated heterocycles. The van der Waals surface area contributed by atoms with Gasteiger partial charge in [0.25, 0.3) is 0 Å². The van der Waals surface area contributed by atoms with E-state index in [0.717, 1.165) is 43.3 Å². The van der Waals surface area contributed by atoms with Gasteiger partial charge in [-0.05, 0) is 98.9 Å². The lowest BCUT2D eigenvalue weighted by Crippen LogP contribution is -2.33. The Bertz CT molecular complexity index is 831. The van der Waals surface area contributed by atoms with Crippen molar-refractivity contribution < 1.29 is 13.5 Å². The van der Waals surface area contributed by atoms with Crippen LogP contribution >= 0.6 is 0 Å². The predicted molar refractivity (Wildman–Crippen MR) is 109 cm³/mol. The fourth-order valence-electron chi connectivity index (χ4n) is 5.32. The topological polar surface area (TPSA) is 9.23 Å². The van der Waals surface area contributed by atoms with Crippen LogP contribution in [0.2, 0.25) is 0 Å². The molecule has 2 saturated carbocycles. The van der Waals surface area contributed by atoms with Crippen LogP contribution in [0.25, 0.3) is 11.1 Å². The molecule has 0 radical (unpaired) electrons. The summed E-state index contributed by atoms with van der Waals surface area (Å²) in [6, 6.07) is 10.5. The Morgan fingerprint density at radius 2 is 1.68 bits per heavy atom. The Morgan fingerprint density at radius 1 is 0.893 bits per heavy atom. The molecule has 2 aliphatic carbocycles. The van der Waals surface area contributed by atoms with Gasteiger partial charge in [-0.3, -0.25) is 0 Å². The highest BCUT2D eigenvalue weighted by Gasteiger charge is 2.36. The van der Waals surface area contributed by atoms with Crippen LogP contribution in [0.4, 0.5) is 8.78 Å². The van der Waals surface area contributed by atoms with E-state index < -0.39 is 0 Å². The summed E-state index contributed by atoms with van der Waals surface area (Å²) < 4.78 is 34.6. The molecule has 0 aromatic heterocycles. The Kier molecular flexibility index (Phi) is 5.82. The maximum absolute atomic E-state index is 14.9. The van der Waals surface area contributed by atoms with Gasteiger partial charge in [-0.25, -0.2) is 8.78 Å². The van der Waals surface area contributed by atoms with Crippen LogP contribution in [0, 0.1) is 30.4 Å². The number of rotatable bonds is 4. The van der Waals surface area contributed by atoms with Crippen LogP contribution in [0.3, 0.4) is 0 Å². The maximum Gasteiger partial charge on any atom is 0.131 e. The quantitative estimate of drug-likeness (QED) is 0.550. The summed E-state index contributed by atoms with van der Waals surface area (Å²) in [6.07, 6.45) is 7.51. The zero-order valence-corrected chi connectivity index (χ0v) is 16.9. The second kappa shape index (κ2) is 8.32. The molecule has 4 unspecified atom stereocenters. The monoisotopic (exact) mass is 384 g/mol. The van der Waals surface area contributed by atoms with Gasteiger partial charge >= 0.3 is 0 Å². The molecule has 28 heavy (non-hydrogen) atoms. The van der Waals surface area contributed by atoms with Crippen molar-refractivity contribution in [2.24, 2.45) is 11.8 Å². The summed E-state index contributed by atoms with van der Waals surface area (Å²) in [5.41, 5.74) is 2.76. The molecule has 0 amide bonds. The third kappa shape index (κ3) is 4.00. The van der Waals surface area contributed by atoms with E-state index in [-0.39, 0.29) is 11.6 Å². The number of aryl methyl sites for hydroxylation is 1. The van der Waals surface area contributed by atoms with Crippen LogP contribution < -0.4 is 0 Å². The highest BCUT2D eigenvalue weighted by atomic mass is 19.1. The predicted octanol–water partition coefficient (Wildman–Crippen LogP) is 7.03. The minimum Gasteiger partial charge on any atom is -0.378 e. The number of halogens is 2. The maximum atomic E-state index is 14.9. The Hall–Kier alpha value is -1.74. The van der Waals surface area contributed by atoms with Crippen molar-refractivity contribution in [3.8, 4) is 11.1 Å². The molecule has 2 aromatic rings. The first-order valence-corrected chi connectivity index (χ1v) is 10.7. The fraction of sp³-hybridized carbons (Fsp3) is 0.520. The van der Waals surface area contributed by atoms with Crippen molar-refractivity contribution in [1.29, 1.82) is 0 Å². The normalized spacial score (nSPS) is 27.4. The van der Waals surface area contributed by atoms with Gasteiger partial charge in [0.1, 0.15) is 11.6 Å². The molecule has 0 aliphatic heterocycles. The van der Waals surface area contributed by atoms with Gasteiger partial charge in [0.15, 0.2) is 0 Å². The van der Waals surface area contributed by atoms with Gasteiger partial charge in [0.2, 0.25) is 0 Å². The third-order valence-corrected chi connectivity index (χ3v) is 6.91. The van der Waals surface area contributed by atoms with E-state index in [9.17, 15) is 8.78 Å². The molecule has 0 bridgehead atoms. The second-order valence-corrected chi connectivity index (χ2v) is 8.62. The highest BCUT2D eigenvalue weighted by molar-refractivity contribution is 5.65. The van der Waals surface area contributed by atoms with Crippen LogP contribution in [0.5, 0.6) is 0 Å². The number of fused-ring (bicyclic) bond motifs is 1. The molecule has 2 fully saturated rings.